The van der Waals surface area contributed by atoms with E-state index in [2.05, 4.69) is 4.90 Å². The summed E-state index contributed by atoms with van der Waals surface area (Å²) in [7, 11) is 1.95. The minimum atomic E-state index is -2.35. The van der Waals surface area contributed by atoms with Crippen LogP contribution in [0.5, 0.6) is 0 Å². The number of likely N-dealkylation sites (tertiary alicyclic amines) is 1. The van der Waals surface area contributed by atoms with Gasteiger partial charge < -0.3 is 4.90 Å². The number of nitrogens with zero attached hydrogens (tertiary/aromatic N) is 1. The highest BCUT2D eigenvalue weighted by molar-refractivity contribution is 5.16. The predicted molar refractivity (Wildman–Crippen MR) is 43.2 cm³/mol. The maximum absolute atomic E-state index is 13.0. The molecule has 2 unspecified atom stereocenters. The zero-order valence-corrected chi connectivity index (χ0v) is 7.72. The van der Waals surface area contributed by atoms with Gasteiger partial charge in [0.25, 0.3) is 5.92 Å². The van der Waals surface area contributed by atoms with E-state index in [-0.39, 0.29) is 17.9 Å². The highest BCUT2D eigenvalue weighted by Crippen LogP contribution is 2.62. The number of rotatable bonds is 1. The van der Waals surface area contributed by atoms with Gasteiger partial charge in [0.05, 0.1) is 0 Å². The fourth-order valence-corrected chi connectivity index (χ4v) is 2.75. The van der Waals surface area contributed by atoms with Crippen LogP contribution in [0, 0.1) is 17.8 Å². The lowest BCUT2D eigenvalue weighted by Crippen LogP contribution is -2.37. The molecule has 12 heavy (non-hydrogen) atoms. The molecule has 0 aromatic carbocycles. The van der Waals surface area contributed by atoms with E-state index in [9.17, 15) is 8.78 Å². The van der Waals surface area contributed by atoms with Crippen molar-refractivity contribution in [2.45, 2.75) is 25.8 Å². The molecule has 0 bridgehead atoms. The van der Waals surface area contributed by atoms with Crippen LogP contribution in [0.3, 0.4) is 0 Å². The molecule has 1 saturated heterocycles. The van der Waals surface area contributed by atoms with Gasteiger partial charge in [0.15, 0.2) is 0 Å². The summed E-state index contributed by atoms with van der Waals surface area (Å²) in [6, 6.07) is 0.102. The molecule has 0 aromatic rings. The van der Waals surface area contributed by atoms with Crippen LogP contribution in [0.15, 0.2) is 0 Å². The molecule has 1 heterocycles. The number of fused-ring (bicyclic) bond motifs is 1. The Balaban J connectivity index is 2.13. The average Bonchev–Trinajstić information content (AvgIpc) is 2.40. The normalized spacial score (nSPS) is 45.0. The lowest BCUT2D eigenvalue weighted by molar-refractivity contribution is 0.0299. The van der Waals surface area contributed by atoms with E-state index in [0.29, 0.717) is 12.5 Å². The van der Waals surface area contributed by atoms with Crippen LogP contribution in [0.25, 0.3) is 0 Å². The van der Waals surface area contributed by atoms with E-state index >= 15 is 0 Å². The van der Waals surface area contributed by atoms with Crippen LogP contribution in [0.2, 0.25) is 0 Å². The van der Waals surface area contributed by atoms with Gasteiger partial charge in [0, 0.05) is 24.4 Å². The fourth-order valence-electron chi connectivity index (χ4n) is 2.75. The average molecular weight is 175 g/mol. The number of alkyl halides is 2. The first-order valence-corrected chi connectivity index (χ1v) is 4.54. The third-order valence-electron chi connectivity index (χ3n) is 3.31. The molecule has 2 fully saturated rings. The molecule has 1 nitrogen and oxygen atoms in total. The summed E-state index contributed by atoms with van der Waals surface area (Å²) in [5.74, 6) is -2.68. The Morgan fingerprint density at radius 2 is 2.00 bits per heavy atom. The van der Waals surface area contributed by atoms with Crippen LogP contribution in [0.4, 0.5) is 8.78 Å². The minimum Gasteiger partial charge on any atom is -0.302 e. The van der Waals surface area contributed by atoms with Crippen LogP contribution in [0.1, 0.15) is 13.8 Å². The molecule has 0 amide bonds. The zero-order chi connectivity index (χ0) is 9.09. The summed E-state index contributed by atoms with van der Waals surface area (Å²) in [6.45, 7) is 4.64. The number of piperidine rings is 1. The molecular weight excluding hydrogens is 160 g/mol. The van der Waals surface area contributed by atoms with Gasteiger partial charge in [-0.05, 0) is 13.0 Å². The van der Waals surface area contributed by atoms with Gasteiger partial charge in [-0.2, -0.15) is 0 Å². The van der Waals surface area contributed by atoms with Gasteiger partial charge in [-0.3, -0.25) is 0 Å². The Labute approximate surface area is 71.7 Å². The molecule has 1 aliphatic carbocycles. The van der Waals surface area contributed by atoms with Crippen molar-refractivity contribution in [3.63, 3.8) is 0 Å². The van der Waals surface area contributed by atoms with E-state index in [0.717, 1.165) is 0 Å². The summed E-state index contributed by atoms with van der Waals surface area (Å²) in [5.41, 5.74) is 0. The highest BCUT2D eigenvalue weighted by atomic mass is 19.3. The quantitative estimate of drug-likeness (QED) is 0.587. The Hall–Kier alpha value is -0.180. The van der Waals surface area contributed by atoms with E-state index in [4.69, 9.17) is 0 Å². The lowest BCUT2D eigenvalue weighted by Gasteiger charge is -2.27. The van der Waals surface area contributed by atoms with E-state index < -0.39 is 5.92 Å². The van der Waals surface area contributed by atoms with Gasteiger partial charge >= 0.3 is 0 Å². The van der Waals surface area contributed by atoms with E-state index in [1.54, 1.807) is 0 Å². The first kappa shape index (κ1) is 8.42. The first-order chi connectivity index (χ1) is 5.46. The highest BCUT2D eigenvalue weighted by Gasteiger charge is 2.75. The SMILES string of the molecule is CC(C)C1[C@@H]2C(CN1C)C2(F)F. The van der Waals surface area contributed by atoms with Crippen molar-refractivity contribution in [3.05, 3.63) is 0 Å². The van der Waals surface area contributed by atoms with Crippen LogP contribution < -0.4 is 0 Å². The Kier molecular flexibility index (Phi) is 1.54. The minimum absolute atomic E-state index is 0.102. The molecule has 3 heteroatoms. The van der Waals surface area contributed by atoms with Gasteiger partial charge in [0.2, 0.25) is 0 Å². The molecular formula is C9H15F2N. The summed E-state index contributed by atoms with van der Waals surface area (Å²) in [6.07, 6.45) is 0. The van der Waals surface area contributed by atoms with Crippen molar-refractivity contribution in [1.29, 1.82) is 0 Å². The second-order valence-electron chi connectivity index (χ2n) is 4.48. The summed E-state index contributed by atoms with van der Waals surface area (Å²) < 4.78 is 26.0. The van der Waals surface area contributed by atoms with Crippen LogP contribution >= 0.6 is 0 Å². The molecule has 0 aromatic heterocycles. The van der Waals surface area contributed by atoms with Crippen molar-refractivity contribution < 1.29 is 8.78 Å². The van der Waals surface area contributed by atoms with Gasteiger partial charge in [-0.25, -0.2) is 8.78 Å². The second-order valence-corrected chi connectivity index (χ2v) is 4.48. The fraction of sp³-hybridized carbons (Fsp3) is 1.00. The standard InChI is InChI=1S/C9H15F2N/c1-5(2)8-7-6(4-12(8)3)9(7,10)11/h5-8H,4H2,1-3H3/t6?,7-,8?/m0/s1. The molecule has 2 rings (SSSR count). The molecule has 0 N–H and O–H groups in total. The molecule has 0 radical (unpaired) electrons. The number of halogens is 2. The largest absolute Gasteiger partial charge is 0.302 e. The van der Waals surface area contributed by atoms with Gasteiger partial charge in [-0.15, -0.1) is 0 Å². The van der Waals surface area contributed by atoms with Crippen molar-refractivity contribution >= 4 is 0 Å². The third-order valence-corrected chi connectivity index (χ3v) is 3.31. The smallest absolute Gasteiger partial charge is 0.257 e. The van der Waals surface area contributed by atoms with Crippen molar-refractivity contribution in [2.75, 3.05) is 13.6 Å². The van der Waals surface area contributed by atoms with E-state index in [1.807, 2.05) is 20.9 Å². The van der Waals surface area contributed by atoms with Crippen molar-refractivity contribution in [1.82, 2.24) is 4.90 Å². The van der Waals surface area contributed by atoms with E-state index in [1.165, 1.54) is 0 Å². The van der Waals surface area contributed by atoms with Crippen LogP contribution in [-0.2, 0) is 0 Å². The maximum Gasteiger partial charge on any atom is 0.257 e. The van der Waals surface area contributed by atoms with Crippen molar-refractivity contribution in [2.24, 2.45) is 17.8 Å². The molecule has 1 saturated carbocycles. The second kappa shape index (κ2) is 2.19. The number of hydrogen-bond donors (Lipinski definition) is 0. The first-order valence-electron chi connectivity index (χ1n) is 4.54. The Morgan fingerprint density at radius 3 is 2.33 bits per heavy atom. The monoisotopic (exact) mass is 175 g/mol. The number of hydrogen-bond acceptors (Lipinski definition) is 1. The molecule has 1 aliphatic heterocycles. The summed E-state index contributed by atoms with van der Waals surface area (Å²) >= 11 is 0. The lowest BCUT2D eigenvalue weighted by atomic mass is 10.00. The molecule has 70 valence electrons. The Morgan fingerprint density at radius 1 is 1.42 bits per heavy atom. The summed E-state index contributed by atoms with van der Waals surface area (Å²) in [5, 5.41) is 0. The Bertz CT molecular complexity index is 203. The van der Waals surface area contributed by atoms with Crippen LogP contribution in [-0.4, -0.2) is 30.5 Å². The third kappa shape index (κ3) is 0.859. The maximum atomic E-state index is 13.0. The summed E-state index contributed by atoms with van der Waals surface area (Å²) in [4.78, 5) is 2.08. The molecule has 3 atom stereocenters. The molecule has 2 aliphatic rings. The zero-order valence-electron chi connectivity index (χ0n) is 7.72. The van der Waals surface area contributed by atoms with Crippen molar-refractivity contribution in [3.8, 4) is 0 Å². The van der Waals surface area contributed by atoms with Gasteiger partial charge in [-0.1, -0.05) is 13.8 Å². The van der Waals surface area contributed by atoms with Gasteiger partial charge in [0.1, 0.15) is 0 Å². The predicted octanol–water partition coefficient (Wildman–Crippen LogP) is 1.84. The topological polar surface area (TPSA) is 3.24 Å². The molecule has 0 spiro atoms.